The van der Waals surface area contributed by atoms with Gasteiger partial charge in [-0.1, -0.05) is 37.3 Å². The Labute approximate surface area is 107 Å². The highest BCUT2D eigenvalue weighted by atomic mass is 32.2. The molecule has 1 amide bonds. The van der Waals surface area contributed by atoms with Crippen LogP contribution in [0.15, 0.2) is 30.3 Å². The Hall–Kier alpha value is -1.00. The minimum absolute atomic E-state index is 0.0153. The van der Waals surface area contributed by atoms with Gasteiger partial charge in [0, 0.05) is 12.3 Å². The van der Waals surface area contributed by atoms with Gasteiger partial charge in [0.05, 0.1) is 11.9 Å². The van der Waals surface area contributed by atoms with E-state index in [9.17, 15) is 9.90 Å². The van der Waals surface area contributed by atoms with E-state index in [1.54, 1.807) is 11.8 Å². The van der Waals surface area contributed by atoms with E-state index in [1.165, 1.54) is 5.56 Å². The van der Waals surface area contributed by atoms with Gasteiger partial charge in [0.2, 0.25) is 5.91 Å². The quantitative estimate of drug-likeness (QED) is 0.779. The van der Waals surface area contributed by atoms with Crippen LogP contribution in [0.25, 0.3) is 0 Å². The minimum atomic E-state index is -0.432. The summed E-state index contributed by atoms with van der Waals surface area (Å²) in [6.07, 6.45) is 0.232. The molecule has 0 saturated carbocycles. The van der Waals surface area contributed by atoms with Crippen LogP contribution < -0.4 is 5.32 Å². The number of carbonyl (C=O) groups excluding carboxylic acids is 1. The maximum atomic E-state index is 11.4. The summed E-state index contributed by atoms with van der Waals surface area (Å²) >= 11 is 1.58. The molecular weight excluding hydrogens is 234 g/mol. The van der Waals surface area contributed by atoms with Crippen molar-refractivity contribution in [3.63, 3.8) is 0 Å². The molecule has 3 nitrogen and oxygen atoms in total. The van der Waals surface area contributed by atoms with Gasteiger partial charge in [-0.25, -0.2) is 0 Å². The second-order valence-electron chi connectivity index (χ2n) is 3.84. The Kier molecular flexibility index (Phi) is 6.74. The van der Waals surface area contributed by atoms with Gasteiger partial charge in [0.15, 0.2) is 0 Å². The first-order valence-corrected chi connectivity index (χ1v) is 6.94. The average molecular weight is 253 g/mol. The van der Waals surface area contributed by atoms with Gasteiger partial charge in [-0.2, -0.15) is 0 Å². The van der Waals surface area contributed by atoms with Gasteiger partial charge >= 0.3 is 0 Å². The van der Waals surface area contributed by atoms with Gasteiger partial charge in [-0.15, -0.1) is 11.8 Å². The van der Waals surface area contributed by atoms with E-state index in [1.807, 2.05) is 37.3 Å². The zero-order chi connectivity index (χ0) is 12.5. The van der Waals surface area contributed by atoms with Gasteiger partial charge in [-0.05, 0) is 12.0 Å². The number of benzene rings is 1. The monoisotopic (exact) mass is 253 g/mol. The summed E-state index contributed by atoms with van der Waals surface area (Å²) < 4.78 is 0. The predicted octanol–water partition coefficient (Wildman–Crippen LogP) is 1.81. The van der Waals surface area contributed by atoms with Crippen molar-refractivity contribution in [3.8, 4) is 0 Å². The van der Waals surface area contributed by atoms with E-state index in [0.29, 0.717) is 18.7 Å². The number of hydrogen-bond donors (Lipinski definition) is 2. The molecule has 0 saturated heterocycles. The number of rotatable bonds is 7. The van der Waals surface area contributed by atoms with E-state index >= 15 is 0 Å². The fourth-order valence-electron chi connectivity index (χ4n) is 1.26. The van der Waals surface area contributed by atoms with E-state index in [0.717, 1.165) is 5.75 Å². The van der Waals surface area contributed by atoms with Gasteiger partial charge in [-0.3, -0.25) is 4.79 Å². The van der Waals surface area contributed by atoms with Crippen LogP contribution in [-0.2, 0) is 10.5 Å². The fourth-order valence-corrected chi connectivity index (χ4v) is 2.08. The smallest absolute Gasteiger partial charge is 0.230 e. The van der Waals surface area contributed by atoms with Crippen molar-refractivity contribution < 1.29 is 9.90 Å². The second-order valence-corrected chi connectivity index (χ2v) is 4.83. The van der Waals surface area contributed by atoms with E-state index in [2.05, 4.69) is 5.32 Å². The highest BCUT2D eigenvalue weighted by Crippen LogP contribution is 2.10. The van der Waals surface area contributed by atoms with Crippen LogP contribution in [0.2, 0.25) is 0 Å². The number of hydrogen-bond acceptors (Lipinski definition) is 3. The molecule has 0 aromatic heterocycles. The predicted molar refractivity (Wildman–Crippen MR) is 71.9 cm³/mol. The fraction of sp³-hybridized carbons (Fsp3) is 0.462. The maximum absolute atomic E-state index is 11.4. The summed E-state index contributed by atoms with van der Waals surface area (Å²) in [5, 5.41) is 12.0. The first-order chi connectivity index (χ1) is 8.22. The van der Waals surface area contributed by atoms with Gasteiger partial charge in [0.1, 0.15) is 0 Å². The highest BCUT2D eigenvalue weighted by molar-refractivity contribution is 7.99. The lowest BCUT2D eigenvalue weighted by atomic mass is 10.2. The molecule has 0 heterocycles. The summed E-state index contributed by atoms with van der Waals surface area (Å²) in [5.41, 5.74) is 1.22. The first-order valence-electron chi connectivity index (χ1n) is 5.78. The van der Waals surface area contributed by atoms with Crippen LogP contribution >= 0.6 is 11.8 Å². The summed E-state index contributed by atoms with van der Waals surface area (Å²) in [6, 6.07) is 10.1. The largest absolute Gasteiger partial charge is 0.391 e. The molecule has 1 rings (SSSR count). The third kappa shape index (κ3) is 6.34. The molecule has 94 valence electrons. The molecule has 1 aromatic rings. The number of amides is 1. The molecule has 4 heteroatoms. The zero-order valence-electron chi connectivity index (χ0n) is 10.1. The van der Waals surface area contributed by atoms with Crippen molar-refractivity contribution in [3.05, 3.63) is 35.9 Å². The molecule has 0 aliphatic rings. The Morgan fingerprint density at radius 1 is 1.41 bits per heavy atom. The van der Waals surface area contributed by atoms with Crippen molar-refractivity contribution in [2.45, 2.75) is 25.2 Å². The maximum Gasteiger partial charge on any atom is 0.230 e. The van der Waals surface area contributed by atoms with E-state index in [-0.39, 0.29) is 5.91 Å². The summed E-state index contributed by atoms with van der Waals surface area (Å²) in [7, 11) is 0. The van der Waals surface area contributed by atoms with Gasteiger partial charge in [0.25, 0.3) is 0 Å². The van der Waals surface area contributed by atoms with Crippen LogP contribution in [0.1, 0.15) is 18.9 Å². The van der Waals surface area contributed by atoms with E-state index < -0.39 is 6.10 Å². The van der Waals surface area contributed by atoms with Crippen LogP contribution in [0.4, 0.5) is 0 Å². The SMILES string of the molecule is CCC(O)CNC(=O)CSCc1ccccc1. The molecule has 1 unspecified atom stereocenters. The second kappa shape index (κ2) is 8.14. The van der Waals surface area contributed by atoms with Crippen molar-refractivity contribution in [2.75, 3.05) is 12.3 Å². The van der Waals surface area contributed by atoms with Crippen molar-refractivity contribution in [1.29, 1.82) is 0 Å². The van der Waals surface area contributed by atoms with Crippen LogP contribution in [0, 0.1) is 0 Å². The number of carbonyl (C=O) groups is 1. The Morgan fingerprint density at radius 3 is 2.76 bits per heavy atom. The van der Waals surface area contributed by atoms with Crippen LogP contribution in [0.5, 0.6) is 0 Å². The molecule has 17 heavy (non-hydrogen) atoms. The van der Waals surface area contributed by atoms with Crippen LogP contribution in [0.3, 0.4) is 0 Å². The average Bonchev–Trinajstić information content (AvgIpc) is 2.37. The Bertz CT molecular complexity index is 329. The number of aliphatic hydroxyl groups is 1. The lowest BCUT2D eigenvalue weighted by molar-refractivity contribution is -0.119. The molecule has 1 aromatic carbocycles. The molecule has 0 radical (unpaired) electrons. The zero-order valence-corrected chi connectivity index (χ0v) is 10.9. The third-order valence-electron chi connectivity index (χ3n) is 2.35. The lowest BCUT2D eigenvalue weighted by Gasteiger charge is -2.09. The Morgan fingerprint density at radius 2 is 2.12 bits per heavy atom. The van der Waals surface area contributed by atoms with Crippen LogP contribution in [-0.4, -0.2) is 29.4 Å². The summed E-state index contributed by atoms with van der Waals surface area (Å²) in [4.78, 5) is 11.4. The minimum Gasteiger partial charge on any atom is -0.391 e. The molecule has 0 aliphatic carbocycles. The molecular formula is C13H19NO2S. The molecule has 0 aliphatic heterocycles. The standard InChI is InChI=1S/C13H19NO2S/c1-2-12(15)8-14-13(16)10-17-9-11-6-4-3-5-7-11/h3-7,12,15H,2,8-10H2,1H3,(H,14,16). The molecule has 2 N–H and O–H groups in total. The Balaban J connectivity index is 2.12. The molecule has 0 bridgehead atoms. The molecule has 0 spiro atoms. The van der Waals surface area contributed by atoms with Crippen molar-refractivity contribution in [1.82, 2.24) is 5.32 Å². The number of nitrogens with one attached hydrogen (secondary N) is 1. The van der Waals surface area contributed by atoms with E-state index in [4.69, 9.17) is 0 Å². The summed E-state index contributed by atoms with van der Waals surface area (Å²) in [5.74, 6) is 1.26. The number of thioether (sulfide) groups is 1. The molecule has 0 fully saturated rings. The number of aliphatic hydroxyl groups excluding tert-OH is 1. The van der Waals surface area contributed by atoms with Crippen molar-refractivity contribution >= 4 is 17.7 Å². The first kappa shape index (κ1) is 14.1. The molecule has 1 atom stereocenters. The van der Waals surface area contributed by atoms with Crippen molar-refractivity contribution in [2.24, 2.45) is 0 Å². The lowest BCUT2D eigenvalue weighted by Crippen LogP contribution is -2.32. The normalized spacial score (nSPS) is 12.1. The van der Waals surface area contributed by atoms with Gasteiger partial charge < -0.3 is 10.4 Å². The topological polar surface area (TPSA) is 49.3 Å². The third-order valence-corrected chi connectivity index (χ3v) is 3.35. The summed E-state index contributed by atoms with van der Waals surface area (Å²) in [6.45, 7) is 2.24. The highest BCUT2D eigenvalue weighted by Gasteiger charge is 2.04.